The van der Waals surface area contributed by atoms with Crippen LogP contribution in [0.25, 0.3) is 21.8 Å². The summed E-state index contributed by atoms with van der Waals surface area (Å²) in [7, 11) is 0. The van der Waals surface area contributed by atoms with Gasteiger partial charge in [-0.1, -0.05) is 75.9 Å². The quantitative estimate of drug-likeness (QED) is 0.178. The van der Waals surface area contributed by atoms with E-state index in [1.165, 1.54) is 0 Å². The molecule has 0 atom stereocenters. The maximum absolute atomic E-state index is 8.84. The first-order valence-corrected chi connectivity index (χ1v) is 10.3. The Bertz CT molecular complexity index is 1500. The van der Waals surface area contributed by atoms with Crippen molar-refractivity contribution >= 4 is 39.2 Å². The Morgan fingerprint density at radius 1 is 0.636 bits per heavy atom. The van der Waals surface area contributed by atoms with Crippen molar-refractivity contribution in [3.8, 4) is 6.07 Å². The Morgan fingerprint density at radius 2 is 1.18 bits per heavy atom. The van der Waals surface area contributed by atoms with Crippen LogP contribution in [0.5, 0.6) is 0 Å². The largest absolute Gasteiger partial charge is 1.00 e. The normalized spacial score (nSPS) is 11.7. The van der Waals surface area contributed by atoms with Crippen molar-refractivity contribution in [2.75, 3.05) is 0 Å². The van der Waals surface area contributed by atoms with E-state index >= 15 is 0 Å². The van der Waals surface area contributed by atoms with Gasteiger partial charge in [-0.2, -0.15) is 5.26 Å². The first kappa shape index (κ1) is 22.2. The van der Waals surface area contributed by atoms with Crippen LogP contribution in [-0.2, 0) is 22.4 Å². The number of aromatic nitrogens is 1. The average Bonchev–Trinajstić information content (AvgIpc) is 3.50. The molecule has 1 aliphatic heterocycles. The van der Waals surface area contributed by atoms with Crippen molar-refractivity contribution < 1.29 is 31.5 Å². The van der Waals surface area contributed by atoms with Gasteiger partial charge in [0.2, 0.25) is 11.4 Å². The van der Waals surface area contributed by atoms with Crippen LogP contribution >= 0.6 is 0 Å². The molecule has 2 heterocycles. The van der Waals surface area contributed by atoms with E-state index in [0.717, 1.165) is 33.2 Å². The van der Waals surface area contributed by atoms with E-state index in [9.17, 15) is 0 Å². The van der Waals surface area contributed by atoms with Crippen LogP contribution < -0.4 is 4.98 Å². The SMILES string of the molecule is C1=[N+](c2ccccc2)C=C[N+]=1c1ccccc1.N#Cc1ccc2[n-]c3ccccc3c2c1.[Au+]. The van der Waals surface area contributed by atoms with Gasteiger partial charge in [0.1, 0.15) is 0 Å². The first-order valence-electron chi connectivity index (χ1n) is 10.3. The minimum absolute atomic E-state index is 0. The molecular weight excluding hydrogens is 589 g/mol. The molecule has 0 aliphatic carbocycles. The summed E-state index contributed by atoms with van der Waals surface area (Å²) in [5.41, 5.74) is 4.85. The third kappa shape index (κ3) is 4.78. The van der Waals surface area contributed by atoms with Gasteiger partial charge in [0.05, 0.1) is 11.6 Å². The van der Waals surface area contributed by atoms with Crippen LogP contribution in [0, 0.1) is 11.3 Å². The summed E-state index contributed by atoms with van der Waals surface area (Å²) < 4.78 is 3.96. The van der Waals surface area contributed by atoms with E-state index in [1.54, 1.807) is 6.07 Å². The summed E-state index contributed by atoms with van der Waals surface area (Å²) in [6, 6.07) is 39.4. The molecule has 4 nitrogen and oxygen atoms in total. The molecule has 5 aromatic rings. The van der Waals surface area contributed by atoms with Crippen molar-refractivity contribution in [1.82, 2.24) is 4.98 Å². The second-order valence-electron chi connectivity index (χ2n) is 7.28. The van der Waals surface area contributed by atoms with Gasteiger partial charge in [-0.3, -0.25) is 0 Å². The summed E-state index contributed by atoms with van der Waals surface area (Å²) in [6.07, 6.45) is 4.00. The summed E-state index contributed by atoms with van der Waals surface area (Å²) >= 11 is 0. The minimum Gasteiger partial charge on any atom is -0.657 e. The van der Waals surface area contributed by atoms with Gasteiger partial charge in [0, 0.05) is 24.3 Å². The smallest absolute Gasteiger partial charge is 0.657 e. The Balaban J connectivity index is 0.000000153. The zero-order chi connectivity index (χ0) is 21.8. The van der Waals surface area contributed by atoms with Gasteiger partial charge in [-0.25, -0.2) is 0 Å². The Kier molecular flexibility index (Phi) is 6.80. The molecule has 0 unspecified atom stereocenters. The van der Waals surface area contributed by atoms with Crippen LogP contribution in [0.4, 0.5) is 11.4 Å². The van der Waals surface area contributed by atoms with Crippen molar-refractivity contribution in [3.05, 3.63) is 121 Å². The molecule has 0 saturated carbocycles. The number of benzene rings is 4. The molecule has 0 bridgehead atoms. The summed E-state index contributed by atoms with van der Waals surface area (Å²) in [6.45, 7) is 0. The van der Waals surface area contributed by atoms with E-state index in [2.05, 4.69) is 41.3 Å². The molecule has 6 rings (SSSR count). The molecule has 1 aliphatic rings. The molecule has 0 amide bonds. The number of para-hydroxylation sites is 3. The van der Waals surface area contributed by atoms with E-state index in [1.807, 2.05) is 94.3 Å². The zero-order valence-corrected chi connectivity index (χ0v) is 19.7. The molecule has 33 heavy (non-hydrogen) atoms. The fraction of sp³-hybridized carbons (Fsp3) is 0. The Labute approximate surface area is 207 Å². The Morgan fingerprint density at radius 3 is 1.79 bits per heavy atom. The molecule has 1 aromatic heterocycles. The van der Waals surface area contributed by atoms with Crippen LogP contribution in [0.1, 0.15) is 5.56 Å². The van der Waals surface area contributed by atoms with Crippen LogP contribution in [0.3, 0.4) is 0 Å². The van der Waals surface area contributed by atoms with E-state index in [4.69, 9.17) is 5.26 Å². The first-order chi connectivity index (χ1) is 15.8. The molecule has 4 aromatic carbocycles. The molecular formula is C28H19AuN4+2. The third-order valence-corrected chi connectivity index (χ3v) is 5.21. The number of nitrogens with zero attached hydrogens (tertiary/aromatic N) is 4. The summed E-state index contributed by atoms with van der Waals surface area (Å²) in [4.78, 5) is 4.48. The van der Waals surface area contributed by atoms with Crippen LogP contribution in [0.2, 0.25) is 0 Å². The third-order valence-electron chi connectivity index (χ3n) is 5.21. The van der Waals surface area contributed by atoms with Crippen molar-refractivity contribution in [3.63, 3.8) is 0 Å². The predicted octanol–water partition coefficient (Wildman–Crippen LogP) is 6.15. The van der Waals surface area contributed by atoms with Gasteiger partial charge < -0.3 is 4.98 Å². The number of fused-ring (bicyclic) bond motifs is 3. The number of hydrogen-bond donors (Lipinski definition) is 0. The average molecular weight is 608 g/mol. The maximum atomic E-state index is 8.84. The standard InChI is InChI=1S/C15H12N2.C13H7N2.Au/c1-3-7-14(8-4-1)16-11-12-17(13-16)15-9-5-2-6-10-15;14-8-9-5-6-13-11(7-9)10-3-1-2-4-12(10)15-13;/h1-12H;1-7H;/q+2;-1;+1. The molecule has 0 saturated heterocycles. The summed E-state index contributed by atoms with van der Waals surface area (Å²) in [5.74, 6) is 0. The van der Waals surface area contributed by atoms with E-state index in [0.29, 0.717) is 5.56 Å². The van der Waals surface area contributed by atoms with Crippen molar-refractivity contribution in [2.45, 2.75) is 0 Å². The molecule has 0 spiro atoms. The molecule has 0 radical (unpaired) electrons. The second-order valence-corrected chi connectivity index (χ2v) is 7.28. The van der Waals surface area contributed by atoms with Crippen molar-refractivity contribution in [2.24, 2.45) is 0 Å². The molecule has 0 N–H and O–H groups in total. The zero-order valence-electron chi connectivity index (χ0n) is 17.6. The van der Waals surface area contributed by atoms with Gasteiger partial charge in [-0.05, 0) is 22.9 Å². The number of hydrogen-bond acceptors (Lipinski definition) is 1. The molecule has 160 valence electrons. The topological polar surface area (TPSA) is 43.9 Å². The Hall–Kier alpha value is -3.97. The van der Waals surface area contributed by atoms with E-state index in [-0.39, 0.29) is 22.4 Å². The van der Waals surface area contributed by atoms with E-state index < -0.39 is 0 Å². The second kappa shape index (κ2) is 10.1. The predicted molar refractivity (Wildman–Crippen MR) is 126 cm³/mol. The fourth-order valence-corrected chi connectivity index (χ4v) is 3.63. The minimum atomic E-state index is 0. The summed E-state index contributed by atoms with van der Waals surface area (Å²) in [5, 5.41) is 11.0. The molecule has 5 heteroatoms. The van der Waals surface area contributed by atoms with Crippen LogP contribution in [-0.4, -0.2) is 15.2 Å². The van der Waals surface area contributed by atoms with Gasteiger partial charge in [0.25, 0.3) is 12.4 Å². The fourth-order valence-electron chi connectivity index (χ4n) is 3.63. The van der Waals surface area contributed by atoms with Crippen molar-refractivity contribution in [1.29, 1.82) is 5.26 Å². The van der Waals surface area contributed by atoms with Crippen LogP contribution in [0.15, 0.2) is 116 Å². The maximum Gasteiger partial charge on any atom is 1.00 e. The number of nitriles is 1. The molecule has 0 fully saturated rings. The van der Waals surface area contributed by atoms with Gasteiger partial charge in [-0.15, -0.1) is 11.0 Å². The van der Waals surface area contributed by atoms with Gasteiger partial charge in [0.15, 0.2) is 0 Å². The monoisotopic (exact) mass is 608 g/mol. The van der Waals surface area contributed by atoms with Gasteiger partial charge >= 0.3 is 28.4 Å². The number of rotatable bonds is 2.